The van der Waals surface area contributed by atoms with Gasteiger partial charge in [0.15, 0.2) is 19.7 Å². The molecule has 0 aliphatic rings. The molecule has 0 N–H and O–H groups in total. The third-order valence-electron chi connectivity index (χ3n) is 4.63. The fourth-order valence-corrected chi connectivity index (χ4v) is 7.54. The molecule has 6 heteroatoms. The molecular formula is C22H26O4S2. The first kappa shape index (κ1) is 22.1. The monoisotopic (exact) mass is 418 g/mol. The van der Waals surface area contributed by atoms with Gasteiger partial charge in [-0.05, 0) is 40.8 Å². The van der Waals surface area contributed by atoms with Crippen molar-refractivity contribution in [2.24, 2.45) is 5.41 Å². The van der Waals surface area contributed by atoms with Crippen LogP contribution in [0.25, 0.3) is 12.2 Å². The lowest BCUT2D eigenvalue weighted by atomic mass is 9.93. The summed E-state index contributed by atoms with van der Waals surface area (Å²) < 4.78 is 52.5. The Hall–Kier alpha value is -2.18. The highest BCUT2D eigenvalue weighted by Gasteiger charge is 2.41. The summed E-state index contributed by atoms with van der Waals surface area (Å²) >= 11 is 0. The van der Waals surface area contributed by atoms with Crippen LogP contribution in [0.1, 0.15) is 31.9 Å². The minimum Gasteiger partial charge on any atom is -0.224 e. The zero-order valence-corrected chi connectivity index (χ0v) is 18.1. The van der Waals surface area contributed by atoms with Crippen molar-refractivity contribution in [1.29, 1.82) is 0 Å². The minimum absolute atomic E-state index is 0.101. The van der Waals surface area contributed by atoms with Crippen molar-refractivity contribution in [3.05, 3.63) is 72.8 Å². The zero-order chi connectivity index (χ0) is 21.2. The Morgan fingerprint density at radius 1 is 0.786 bits per heavy atom. The van der Waals surface area contributed by atoms with Gasteiger partial charge in [-0.1, -0.05) is 70.3 Å². The van der Waals surface area contributed by atoms with E-state index in [-0.39, 0.29) is 9.79 Å². The predicted octanol–water partition coefficient (Wildman–Crippen LogP) is 4.63. The van der Waals surface area contributed by atoms with Crippen LogP contribution in [0.15, 0.2) is 71.5 Å². The van der Waals surface area contributed by atoms with Crippen LogP contribution in [0.5, 0.6) is 0 Å². The van der Waals surface area contributed by atoms with Crippen LogP contribution in [0.4, 0.5) is 0 Å². The number of rotatable bonds is 7. The molecule has 0 radical (unpaired) electrons. The number of hydrogen-bond donors (Lipinski definition) is 0. The Balaban J connectivity index is 2.47. The van der Waals surface area contributed by atoms with E-state index in [4.69, 9.17) is 0 Å². The third kappa shape index (κ3) is 4.80. The molecule has 0 spiro atoms. The summed E-state index contributed by atoms with van der Waals surface area (Å²) in [6.07, 6.45) is 3.24. The third-order valence-corrected chi connectivity index (χ3v) is 9.16. The molecule has 2 aromatic carbocycles. The number of sulfone groups is 2. The summed E-state index contributed by atoms with van der Waals surface area (Å²) in [4.78, 5) is 0.208. The molecule has 2 aromatic rings. The van der Waals surface area contributed by atoms with Crippen LogP contribution in [0.2, 0.25) is 0 Å². The first-order valence-electron chi connectivity index (χ1n) is 8.83. The van der Waals surface area contributed by atoms with Gasteiger partial charge in [0, 0.05) is 0 Å². The quantitative estimate of drug-likeness (QED) is 0.657. The summed E-state index contributed by atoms with van der Waals surface area (Å²) in [5, 5.41) is -1.10. The highest BCUT2D eigenvalue weighted by Crippen LogP contribution is 2.33. The lowest BCUT2D eigenvalue weighted by Gasteiger charge is -2.30. The predicted molar refractivity (Wildman–Crippen MR) is 116 cm³/mol. The average Bonchev–Trinajstić information content (AvgIpc) is 2.65. The molecule has 28 heavy (non-hydrogen) atoms. The van der Waals surface area contributed by atoms with Gasteiger partial charge in [0.2, 0.25) is 0 Å². The maximum Gasteiger partial charge on any atom is 0.182 e. The molecule has 0 aliphatic carbocycles. The van der Waals surface area contributed by atoms with E-state index in [0.29, 0.717) is 0 Å². The van der Waals surface area contributed by atoms with Gasteiger partial charge < -0.3 is 0 Å². The normalized spacial score (nSPS) is 13.7. The van der Waals surface area contributed by atoms with Crippen molar-refractivity contribution < 1.29 is 16.8 Å². The molecule has 0 heterocycles. The Morgan fingerprint density at radius 2 is 1.18 bits per heavy atom. The van der Waals surface area contributed by atoms with Gasteiger partial charge in [-0.3, -0.25) is 0 Å². The van der Waals surface area contributed by atoms with Crippen molar-refractivity contribution >= 4 is 31.8 Å². The van der Waals surface area contributed by atoms with E-state index in [1.807, 2.05) is 0 Å². The van der Waals surface area contributed by atoms with Crippen molar-refractivity contribution in [2.75, 3.05) is 5.75 Å². The van der Waals surface area contributed by atoms with Crippen LogP contribution < -0.4 is 0 Å². The smallest absolute Gasteiger partial charge is 0.182 e. The van der Waals surface area contributed by atoms with E-state index in [1.165, 1.54) is 24.3 Å². The van der Waals surface area contributed by atoms with Gasteiger partial charge in [-0.25, -0.2) is 16.8 Å². The molecule has 4 nitrogen and oxygen atoms in total. The Labute approximate surface area is 168 Å². The highest BCUT2D eigenvalue weighted by molar-refractivity contribution is 7.95. The number of hydrogen-bond acceptors (Lipinski definition) is 4. The largest absolute Gasteiger partial charge is 0.224 e. The minimum atomic E-state index is -3.87. The van der Waals surface area contributed by atoms with Crippen molar-refractivity contribution in [2.45, 2.75) is 35.8 Å². The van der Waals surface area contributed by atoms with Crippen LogP contribution in [0.3, 0.4) is 0 Å². The average molecular weight is 419 g/mol. The molecule has 1 atom stereocenters. The fraction of sp³-hybridized carbons (Fsp3) is 0.273. The van der Waals surface area contributed by atoms with Crippen molar-refractivity contribution in [3.63, 3.8) is 0 Å². The first-order chi connectivity index (χ1) is 12.9. The maximum absolute atomic E-state index is 13.3. The zero-order valence-electron chi connectivity index (χ0n) is 16.4. The summed E-state index contributed by atoms with van der Waals surface area (Å²) in [5.41, 5.74) is 0.812. The molecule has 150 valence electrons. The molecule has 0 saturated carbocycles. The van der Waals surface area contributed by atoms with Gasteiger partial charge in [0.25, 0.3) is 0 Å². The van der Waals surface area contributed by atoms with Gasteiger partial charge in [0.1, 0.15) is 0 Å². The molecular weight excluding hydrogens is 392 g/mol. The summed E-state index contributed by atoms with van der Waals surface area (Å²) in [7, 11) is -7.67. The standard InChI is InChI=1S/C22H26O4S2/c1-6-17-8-12-19(13-9-17)27(23,24)16-21(22(3,4)5)28(25,26)20-14-10-18(7-2)11-15-20/h6-15,21H,1-2,16H2,3-5H3. The second kappa shape index (κ2) is 8.05. The molecule has 0 aromatic heterocycles. The highest BCUT2D eigenvalue weighted by atomic mass is 32.2. The van der Waals surface area contributed by atoms with Crippen molar-refractivity contribution in [3.8, 4) is 0 Å². The topological polar surface area (TPSA) is 68.3 Å². The van der Waals surface area contributed by atoms with Gasteiger partial charge in [0.05, 0.1) is 20.8 Å². The maximum atomic E-state index is 13.3. The lowest BCUT2D eigenvalue weighted by molar-refractivity contribution is 0.391. The number of benzene rings is 2. The second-order valence-electron chi connectivity index (χ2n) is 7.73. The lowest BCUT2D eigenvalue weighted by Crippen LogP contribution is -2.40. The SMILES string of the molecule is C=Cc1ccc(S(=O)(=O)CC(C(C)(C)C)S(=O)(=O)c2ccc(C=C)cc2)cc1. The Kier molecular flexibility index (Phi) is 6.36. The molecule has 1 unspecified atom stereocenters. The van der Waals surface area contributed by atoms with E-state index >= 15 is 0 Å². The molecule has 0 amide bonds. The van der Waals surface area contributed by atoms with E-state index in [1.54, 1.807) is 57.2 Å². The van der Waals surface area contributed by atoms with Gasteiger partial charge in [-0.15, -0.1) is 0 Å². The van der Waals surface area contributed by atoms with Crippen LogP contribution >= 0.6 is 0 Å². The summed E-state index contributed by atoms with van der Waals surface area (Å²) in [6, 6.07) is 12.6. The van der Waals surface area contributed by atoms with Crippen LogP contribution in [-0.4, -0.2) is 27.8 Å². The summed E-state index contributed by atoms with van der Waals surface area (Å²) in [5.74, 6) is -0.491. The van der Waals surface area contributed by atoms with Crippen LogP contribution in [0, 0.1) is 5.41 Å². The molecule has 0 saturated heterocycles. The first-order valence-corrected chi connectivity index (χ1v) is 12.0. The molecule has 2 rings (SSSR count). The van der Waals surface area contributed by atoms with Gasteiger partial charge in [-0.2, -0.15) is 0 Å². The van der Waals surface area contributed by atoms with E-state index in [0.717, 1.165) is 11.1 Å². The van der Waals surface area contributed by atoms with Gasteiger partial charge >= 0.3 is 0 Å². The fourth-order valence-electron chi connectivity index (χ4n) is 2.87. The second-order valence-corrected chi connectivity index (χ2v) is 11.9. The van der Waals surface area contributed by atoms with E-state index in [2.05, 4.69) is 13.2 Å². The summed E-state index contributed by atoms with van der Waals surface area (Å²) in [6.45, 7) is 12.5. The Bertz CT molecular complexity index is 1050. The molecule has 0 bridgehead atoms. The Morgan fingerprint density at radius 3 is 1.54 bits per heavy atom. The molecule has 0 aliphatic heterocycles. The van der Waals surface area contributed by atoms with E-state index < -0.39 is 36.1 Å². The molecule has 0 fully saturated rings. The van der Waals surface area contributed by atoms with E-state index in [9.17, 15) is 16.8 Å². The van der Waals surface area contributed by atoms with Crippen LogP contribution in [-0.2, 0) is 19.7 Å². The van der Waals surface area contributed by atoms with Crippen molar-refractivity contribution in [1.82, 2.24) is 0 Å².